The molecule has 2 aromatic carbocycles. The maximum Gasteiger partial charge on any atom is 0.0717 e. The summed E-state index contributed by atoms with van der Waals surface area (Å²) in [5.41, 5.74) is 3.43. The van der Waals surface area contributed by atoms with E-state index >= 15 is 0 Å². The summed E-state index contributed by atoms with van der Waals surface area (Å²) in [5, 5.41) is 12.2. The molecule has 0 spiro atoms. The molecule has 0 unspecified atom stereocenters. The Kier molecular flexibility index (Phi) is 6.08. The van der Waals surface area contributed by atoms with E-state index in [0.717, 1.165) is 17.8 Å². The van der Waals surface area contributed by atoms with E-state index in [1.165, 1.54) is 5.56 Å². The number of rotatable bonds is 8. The van der Waals surface area contributed by atoms with Crippen molar-refractivity contribution in [2.45, 2.75) is 13.0 Å². The Labute approximate surface area is 120 Å². The zero-order valence-electron chi connectivity index (χ0n) is 11.6. The molecule has 0 amide bonds. The van der Waals surface area contributed by atoms with Crippen molar-refractivity contribution in [3.63, 3.8) is 0 Å². The molecule has 0 aliphatic rings. The average Bonchev–Trinajstić information content (AvgIpc) is 2.50. The van der Waals surface area contributed by atoms with E-state index in [4.69, 9.17) is 9.84 Å². The number of ether oxygens (including phenoxy) is 1. The lowest BCUT2D eigenvalue weighted by molar-refractivity contribution is 0.130. The van der Waals surface area contributed by atoms with Crippen LogP contribution >= 0.6 is 0 Å². The normalized spacial score (nSPS) is 10.4. The van der Waals surface area contributed by atoms with Crippen LogP contribution in [0.15, 0.2) is 54.6 Å². The average molecular weight is 271 g/mol. The molecule has 0 fully saturated rings. The minimum absolute atomic E-state index is 0.195. The molecule has 0 saturated carbocycles. The molecule has 3 heteroatoms. The topological polar surface area (TPSA) is 41.5 Å². The molecule has 0 aliphatic carbocycles. The van der Waals surface area contributed by atoms with Crippen LogP contribution < -0.4 is 5.32 Å². The van der Waals surface area contributed by atoms with Crippen LogP contribution in [0.25, 0.3) is 0 Å². The van der Waals surface area contributed by atoms with E-state index < -0.39 is 0 Å². The first-order chi connectivity index (χ1) is 9.88. The monoisotopic (exact) mass is 271 g/mol. The molecule has 0 bridgehead atoms. The van der Waals surface area contributed by atoms with Crippen molar-refractivity contribution in [2.75, 3.05) is 25.1 Å². The summed E-state index contributed by atoms with van der Waals surface area (Å²) in [6.45, 7) is 2.30. The van der Waals surface area contributed by atoms with Gasteiger partial charge in [-0.05, 0) is 29.7 Å². The first-order valence-electron chi connectivity index (χ1n) is 6.94. The summed E-state index contributed by atoms with van der Waals surface area (Å²) in [7, 11) is 0. The molecule has 0 heterocycles. The van der Waals surface area contributed by atoms with Crippen molar-refractivity contribution in [3.05, 3.63) is 65.7 Å². The van der Waals surface area contributed by atoms with Crippen LogP contribution in [0.5, 0.6) is 0 Å². The number of nitrogens with one attached hydrogen (secondary N) is 1. The molecular weight excluding hydrogens is 250 g/mol. The van der Waals surface area contributed by atoms with Gasteiger partial charge in [0.05, 0.1) is 13.2 Å². The summed E-state index contributed by atoms with van der Waals surface area (Å²) in [5.74, 6) is 0. The molecule has 0 radical (unpaired) electrons. The summed E-state index contributed by atoms with van der Waals surface area (Å²) < 4.78 is 5.61. The van der Waals surface area contributed by atoms with Crippen LogP contribution in [0, 0.1) is 0 Å². The Balaban J connectivity index is 1.63. The van der Waals surface area contributed by atoms with Gasteiger partial charge in [-0.25, -0.2) is 0 Å². The van der Waals surface area contributed by atoms with Gasteiger partial charge in [-0.15, -0.1) is 0 Å². The Hall–Kier alpha value is -1.84. The van der Waals surface area contributed by atoms with Gasteiger partial charge in [0.1, 0.15) is 0 Å². The number of hydrogen-bond donors (Lipinski definition) is 2. The van der Waals surface area contributed by atoms with Crippen LogP contribution in [0.2, 0.25) is 0 Å². The predicted octanol–water partition coefficient (Wildman–Crippen LogP) is 2.85. The van der Waals surface area contributed by atoms with Gasteiger partial charge < -0.3 is 15.2 Å². The lowest BCUT2D eigenvalue weighted by atomic mass is 10.1. The van der Waals surface area contributed by atoms with Crippen LogP contribution in [-0.4, -0.2) is 24.9 Å². The highest BCUT2D eigenvalue weighted by Crippen LogP contribution is 2.09. The fourth-order valence-electron chi connectivity index (χ4n) is 1.95. The SMILES string of the molecule is OCCc1ccc(NCCOCc2ccccc2)cc1. The second-order valence-electron chi connectivity index (χ2n) is 4.64. The summed E-state index contributed by atoms with van der Waals surface area (Å²) >= 11 is 0. The smallest absolute Gasteiger partial charge is 0.0717 e. The molecule has 0 saturated heterocycles. The molecule has 3 nitrogen and oxygen atoms in total. The minimum atomic E-state index is 0.195. The third kappa shape index (κ3) is 5.03. The van der Waals surface area contributed by atoms with Gasteiger partial charge in [-0.3, -0.25) is 0 Å². The van der Waals surface area contributed by atoms with Crippen molar-refractivity contribution < 1.29 is 9.84 Å². The highest BCUT2D eigenvalue weighted by atomic mass is 16.5. The van der Waals surface area contributed by atoms with Crippen LogP contribution in [0.4, 0.5) is 5.69 Å². The first-order valence-corrected chi connectivity index (χ1v) is 6.94. The molecule has 2 N–H and O–H groups in total. The van der Waals surface area contributed by atoms with E-state index in [0.29, 0.717) is 19.6 Å². The van der Waals surface area contributed by atoms with E-state index in [1.807, 2.05) is 42.5 Å². The molecule has 2 aromatic rings. The predicted molar refractivity (Wildman–Crippen MR) is 81.8 cm³/mol. The molecule has 0 atom stereocenters. The number of hydrogen-bond acceptors (Lipinski definition) is 3. The maximum atomic E-state index is 8.85. The number of aliphatic hydroxyl groups is 1. The largest absolute Gasteiger partial charge is 0.396 e. The highest BCUT2D eigenvalue weighted by molar-refractivity contribution is 5.44. The highest BCUT2D eigenvalue weighted by Gasteiger charge is 1.95. The number of aliphatic hydroxyl groups excluding tert-OH is 1. The Morgan fingerprint density at radius 1 is 0.900 bits per heavy atom. The molecule has 0 aromatic heterocycles. The summed E-state index contributed by atoms with van der Waals surface area (Å²) in [6.07, 6.45) is 0.709. The lowest BCUT2D eigenvalue weighted by Crippen LogP contribution is -2.09. The zero-order valence-corrected chi connectivity index (χ0v) is 11.6. The standard InChI is InChI=1S/C17H21NO2/c19-12-10-15-6-8-17(9-7-15)18-11-13-20-14-16-4-2-1-3-5-16/h1-9,18-19H,10-14H2. The van der Waals surface area contributed by atoms with E-state index in [-0.39, 0.29) is 6.61 Å². The molecule has 20 heavy (non-hydrogen) atoms. The van der Waals surface area contributed by atoms with Gasteiger partial charge >= 0.3 is 0 Å². The number of anilines is 1. The first kappa shape index (κ1) is 14.6. The van der Waals surface area contributed by atoms with E-state index in [9.17, 15) is 0 Å². The fourth-order valence-corrected chi connectivity index (χ4v) is 1.95. The van der Waals surface area contributed by atoms with Crippen molar-refractivity contribution in [1.29, 1.82) is 0 Å². The lowest BCUT2D eigenvalue weighted by Gasteiger charge is -2.08. The third-order valence-electron chi connectivity index (χ3n) is 3.04. The van der Waals surface area contributed by atoms with Gasteiger partial charge in [-0.1, -0.05) is 42.5 Å². The van der Waals surface area contributed by atoms with Crippen molar-refractivity contribution in [3.8, 4) is 0 Å². The van der Waals surface area contributed by atoms with Crippen LogP contribution in [0.3, 0.4) is 0 Å². The van der Waals surface area contributed by atoms with Gasteiger partial charge in [0.15, 0.2) is 0 Å². The maximum absolute atomic E-state index is 8.85. The van der Waals surface area contributed by atoms with E-state index in [1.54, 1.807) is 0 Å². The quantitative estimate of drug-likeness (QED) is 0.725. The van der Waals surface area contributed by atoms with Gasteiger partial charge in [0, 0.05) is 18.8 Å². The van der Waals surface area contributed by atoms with E-state index in [2.05, 4.69) is 17.4 Å². The van der Waals surface area contributed by atoms with Crippen molar-refractivity contribution in [2.24, 2.45) is 0 Å². The number of benzene rings is 2. The van der Waals surface area contributed by atoms with Crippen LogP contribution in [-0.2, 0) is 17.8 Å². The Morgan fingerprint density at radius 3 is 2.35 bits per heavy atom. The zero-order chi connectivity index (χ0) is 14.0. The second-order valence-corrected chi connectivity index (χ2v) is 4.64. The minimum Gasteiger partial charge on any atom is -0.396 e. The molecular formula is C17H21NO2. The van der Waals surface area contributed by atoms with Gasteiger partial charge in [0.2, 0.25) is 0 Å². The third-order valence-corrected chi connectivity index (χ3v) is 3.04. The van der Waals surface area contributed by atoms with Gasteiger partial charge in [-0.2, -0.15) is 0 Å². The van der Waals surface area contributed by atoms with Crippen molar-refractivity contribution in [1.82, 2.24) is 0 Å². The molecule has 106 valence electrons. The molecule has 2 rings (SSSR count). The molecule has 0 aliphatic heterocycles. The fraction of sp³-hybridized carbons (Fsp3) is 0.294. The second kappa shape index (κ2) is 8.35. The Bertz CT molecular complexity index is 482. The van der Waals surface area contributed by atoms with Gasteiger partial charge in [0.25, 0.3) is 0 Å². The Morgan fingerprint density at radius 2 is 1.65 bits per heavy atom. The van der Waals surface area contributed by atoms with Crippen LogP contribution in [0.1, 0.15) is 11.1 Å². The van der Waals surface area contributed by atoms with Crippen molar-refractivity contribution >= 4 is 5.69 Å². The summed E-state index contributed by atoms with van der Waals surface area (Å²) in [6, 6.07) is 18.3. The summed E-state index contributed by atoms with van der Waals surface area (Å²) in [4.78, 5) is 0.